The summed E-state index contributed by atoms with van der Waals surface area (Å²) in [5, 5.41) is 4.85. The average molecular weight is 243 g/mol. The van der Waals surface area contributed by atoms with E-state index in [0.29, 0.717) is 0 Å². The van der Waals surface area contributed by atoms with E-state index in [2.05, 4.69) is 21.0 Å². The molecule has 0 spiro atoms. The highest BCUT2D eigenvalue weighted by Gasteiger charge is 2.36. The molecule has 1 heterocycles. The molecule has 0 bridgehead atoms. The van der Waals surface area contributed by atoms with Gasteiger partial charge in [0.2, 0.25) is 0 Å². The largest absolute Gasteiger partial charge is 0.433 e. The van der Waals surface area contributed by atoms with Crippen molar-refractivity contribution in [3.05, 3.63) is 15.9 Å². The predicted octanol–water partition coefficient (Wildman–Crippen LogP) is 2.00. The molecule has 1 aromatic heterocycles. The van der Waals surface area contributed by atoms with Crippen LogP contribution in [0.1, 0.15) is 16.2 Å². The Hall–Kier alpha value is -0.850. The van der Waals surface area contributed by atoms with Gasteiger partial charge in [-0.2, -0.15) is 18.3 Å². The molecule has 0 fully saturated rings. The van der Waals surface area contributed by atoms with Crippen molar-refractivity contribution >= 4 is 22.2 Å². The quantitative estimate of drug-likeness (QED) is 0.766. The lowest BCUT2D eigenvalue weighted by atomic mass is 10.4. The minimum Gasteiger partial charge on any atom is -0.296 e. The first-order valence-electron chi connectivity index (χ1n) is 2.73. The number of aldehydes is 1. The van der Waals surface area contributed by atoms with E-state index in [1.165, 1.54) is 0 Å². The molecule has 0 saturated carbocycles. The Bertz CT molecular complexity index is 306. The first-order chi connectivity index (χ1) is 5.46. The van der Waals surface area contributed by atoms with Gasteiger partial charge in [-0.25, -0.2) is 0 Å². The van der Waals surface area contributed by atoms with Crippen LogP contribution in [0.25, 0.3) is 0 Å². The average Bonchev–Trinajstić information content (AvgIpc) is 2.29. The number of hydrogen-bond acceptors (Lipinski definition) is 2. The van der Waals surface area contributed by atoms with E-state index in [1.54, 1.807) is 5.10 Å². The van der Waals surface area contributed by atoms with Gasteiger partial charge in [-0.05, 0) is 15.9 Å². The molecule has 0 aromatic carbocycles. The van der Waals surface area contributed by atoms with Crippen LogP contribution in [0.2, 0.25) is 0 Å². The predicted molar refractivity (Wildman–Crippen MR) is 36.7 cm³/mol. The van der Waals surface area contributed by atoms with Crippen LogP contribution in [0.15, 0.2) is 4.47 Å². The fourth-order valence-corrected chi connectivity index (χ4v) is 1.10. The van der Waals surface area contributed by atoms with E-state index in [9.17, 15) is 18.0 Å². The molecule has 0 saturated heterocycles. The van der Waals surface area contributed by atoms with Crippen molar-refractivity contribution in [3.8, 4) is 0 Å². The van der Waals surface area contributed by atoms with Crippen LogP contribution in [-0.4, -0.2) is 16.5 Å². The Morgan fingerprint density at radius 2 is 2.08 bits per heavy atom. The van der Waals surface area contributed by atoms with Crippen LogP contribution in [0.3, 0.4) is 0 Å². The maximum atomic E-state index is 12.0. The van der Waals surface area contributed by atoms with Crippen molar-refractivity contribution in [2.24, 2.45) is 0 Å². The number of rotatable bonds is 1. The number of nitrogens with zero attached hydrogens (tertiary/aromatic N) is 1. The zero-order valence-electron chi connectivity index (χ0n) is 5.44. The molecule has 7 heteroatoms. The number of aromatic amines is 1. The Kier molecular flexibility index (Phi) is 2.22. The number of hydrogen-bond donors (Lipinski definition) is 1. The minimum atomic E-state index is -4.52. The van der Waals surface area contributed by atoms with Gasteiger partial charge < -0.3 is 0 Å². The molecule has 0 atom stereocenters. The number of halogens is 4. The van der Waals surface area contributed by atoms with Crippen molar-refractivity contribution < 1.29 is 18.0 Å². The molecule has 0 amide bonds. The van der Waals surface area contributed by atoms with Gasteiger partial charge in [-0.15, -0.1) is 0 Å². The number of aromatic nitrogens is 2. The molecule has 66 valence electrons. The third kappa shape index (κ3) is 1.50. The van der Waals surface area contributed by atoms with Gasteiger partial charge in [0.1, 0.15) is 5.69 Å². The molecule has 3 nitrogen and oxygen atoms in total. The van der Waals surface area contributed by atoms with Crippen molar-refractivity contribution in [2.75, 3.05) is 0 Å². The number of carbonyl (C=O) groups is 1. The Balaban J connectivity index is 3.19. The Labute approximate surface area is 73.1 Å². The first-order valence-corrected chi connectivity index (χ1v) is 3.52. The molecule has 0 aliphatic heterocycles. The van der Waals surface area contributed by atoms with Gasteiger partial charge >= 0.3 is 6.18 Å². The van der Waals surface area contributed by atoms with Crippen molar-refractivity contribution in [3.63, 3.8) is 0 Å². The van der Waals surface area contributed by atoms with E-state index in [4.69, 9.17) is 0 Å². The summed E-state index contributed by atoms with van der Waals surface area (Å²) in [7, 11) is 0. The van der Waals surface area contributed by atoms with Crippen LogP contribution < -0.4 is 0 Å². The Morgan fingerprint density at radius 1 is 1.50 bits per heavy atom. The maximum absolute atomic E-state index is 12.0. The molecule has 0 aliphatic carbocycles. The summed E-state index contributed by atoms with van der Waals surface area (Å²) < 4.78 is 35.6. The highest BCUT2D eigenvalue weighted by atomic mass is 79.9. The van der Waals surface area contributed by atoms with Gasteiger partial charge in [-0.3, -0.25) is 9.89 Å². The van der Waals surface area contributed by atoms with E-state index >= 15 is 0 Å². The van der Waals surface area contributed by atoms with E-state index in [1.807, 2.05) is 0 Å². The molecule has 0 unspecified atom stereocenters. The van der Waals surface area contributed by atoms with Crippen LogP contribution in [0.5, 0.6) is 0 Å². The molecule has 12 heavy (non-hydrogen) atoms. The summed E-state index contributed by atoms with van der Waals surface area (Å²) in [6, 6.07) is 0. The molecular formula is C5H2BrF3N2O. The third-order valence-electron chi connectivity index (χ3n) is 1.13. The fourth-order valence-electron chi connectivity index (χ4n) is 0.608. The number of H-pyrrole nitrogens is 1. The lowest BCUT2D eigenvalue weighted by Crippen LogP contribution is -2.06. The molecular weight excluding hydrogens is 241 g/mol. The van der Waals surface area contributed by atoms with Crippen LogP contribution in [-0.2, 0) is 6.18 Å². The van der Waals surface area contributed by atoms with Crippen molar-refractivity contribution in [1.29, 1.82) is 0 Å². The van der Waals surface area contributed by atoms with Crippen molar-refractivity contribution in [1.82, 2.24) is 10.2 Å². The van der Waals surface area contributed by atoms with Crippen molar-refractivity contribution in [2.45, 2.75) is 6.18 Å². The van der Waals surface area contributed by atoms with E-state index in [-0.39, 0.29) is 16.5 Å². The zero-order chi connectivity index (χ0) is 9.35. The summed E-state index contributed by atoms with van der Waals surface area (Å²) in [4.78, 5) is 10.1. The van der Waals surface area contributed by atoms with Crippen LogP contribution in [0, 0.1) is 0 Å². The smallest absolute Gasteiger partial charge is 0.296 e. The summed E-state index contributed by atoms with van der Waals surface area (Å²) >= 11 is 2.60. The lowest BCUT2D eigenvalue weighted by Gasteiger charge is -2.01. The summed E-state index contributed by atoms with van der Waals surface area (Å²) in [5.74, 6) is 0. The van der Waals surface area contributed by atoms with Gasteiger partial charge in [-0.1, -0.05) is 0 Å². The second-order valence-corrected chi connectivity index (χ2v) is 2.71. The van der Waals surface area contributed by atoms with Gasteiger partial charge in [0.05, 0.1) is 4.47 Å². The minimum absolute atomic E-state index is 0.232. The number of carbonyl (C=O) groups excluding carboxylic acids is 1. The number of nitrogens with one attached hydrogen (secondary N) is 1. The van der Waals surface area contributed by atoms with Gasteiger partial charge in [0, 0.05) is 0 Å². The van der Waals surface area contributed by atoms with Crippen LogP contribution in [0.4, 0.5) is 13.2 Å². The normalized spacial score (nSPS) is 11.7. The highest BCUT2D eigenvalue weighted by molar-refractivity contribution is 9.10. The third-order valence-corrected chi connectivity index (χ3v) is 1.93. The van der Waals surface area contributed by atoms with Gasteiger partial charge in [0.15, 0.2) is 12.0 Å². The fraction of sp³-hybridized carbons (Fsp3) is 0.200. The van der Waals surface area contributed by atoms with E-state index < -0.39 is 11.9 Å². The number of alkyl halides is 3. The summed E-state index contributed by atoms with van der Waals surface area (Å²) in [6.45, 7) is 0. The van der Waals surface area contributed by atoms with E-state index in [0.717, 1.165) is 0 Å². The SMILES string of the molecule is O=Cc1n[nH]c(C(F)(F)F)c1Br. The molecule has 1 rings (SSSR count). The molecule has 1 aromatic rings. The highest BCUT2D eigenvalue weighted by Crippen LogP contribution is 2.33. The summed E-state index contributed by atoms with van der Waals surface area (Å²) in [6.07, 6.45) is -4.29. The second-order valence-electron chi connectivity index (χ2n) is 1.91. The molecule has 0 aliphatic rings. The molecule has 0 radical (unpaired) electrons. The van der Waals surface area contributed by atoms with Crippen LogP contribution >= 0.6 is 15.9 Å². The van der Waals surface area contributed by atoms with Gasteiger partial charge in [0.25, 0.3) is 0 Å². The Morgan fingerprint density at radius 3 is 2.33 bits per heavy atom. The standard InChI is InChI=1S/C5H2BrF3N2O/c6-3-2(1-12)10-11-4(3)5(7,8)9/h1H,(H,10,11). The maximum Gasteiger partial charge on any atom is 0.433 e. The molecule has 1 N–H and O–H groups in total. The first kappa shape index (κ1) is 9.24. The monoisotopic (exact) mass is 242 g/mol. The second kappa shape index (κ2) is 2.89. The summed E-state index contributed by atoms with van der Waals surface area (Å²) in [5.41, 5.74) is -1.34. The zero-order valence-corrected chi connectivity index (χ0v) is 7.03. The topological polar surface area (TPSA) is 45.8 Å². The lowest BCUT2D eigenvalue weighted by molar-refractivity contribution is -0.141.